The summed E-state index contributed by atoms with van der Waals surface area (Å²) in [4.78, 5) is 0. The van der Waals surface area contributed by atoms with Crippen molar-refractivity contribution in [3.63, 3.8) is 0 Å². The first kappa shape index (κ1) is 7.07. The van der Waals surface area contributed by atoms with Gasteiger partial charge in [-0.2, -0.15) is 0 Å². The third kappa shape index (κ3) is 2.01. The molecule has 1 aromatic heterocycles. The Hall–Kier alpha value is 0.0700. The van der Waals surface area contributed by atoms with E-state index in [9.17, 15) is 0 Å². The van der Waals surface area contributed by atoms with Gasteiger partial charge in [-0.15, -0.1) is 5.10 Å². The van der Waals surface area contributed by atoms with Gasteiger partial charge in [-0.05, 0) is 10.4 Å². The fourth-order valence-corrected chi connectivity index (χ4v) is 0.207. The van der Waals surface area contributed by atoms with Crippen molar-refractivity contribution in [3.05, 3.63) is 6.33 Å². The van der Waals surface area contributed by atoms with Crippen LogP contribution in [0.15, 0.2) is 6.33 Å². The van der Waals surface area contributed by atoms with Crippen LogP contribution in [0.2, 0.25) is 0 Å². The second-order valence-corrected chi connectivity index (χ2v) is 0.983. The molecule has 4 nitrogen and oxygen atoms in total. The number of hydrogen-bond acceptors (Lipinski definition) is 3. The van der Waals surface area contributed by atoms with Crippen molar-refractivity contribution in [3.8, 4) is 0 Å². The van der Waals surface area contributed by atoms with Crippen molar-refractivity contribution in [2.45, 2.75) is 0 Å². The van der Waals surface area contributed by atoms with Gasteiger partial charge in [0.1, 0.15) is 6.33 Å². The summed E-state index contributed by atoms with van der Waals surface area (Å²) < 4.78 is 1.53. The standard InChI is InChI=1S/C2H4N4.Na/c1-6-2-3-4-5-6;/h2H,1H3;. The minimum absolute atomic E-state index is 0. The van der Waals surface area contributed by atoms with E-state index in [1.807, 2.05) is 0 Å². The molecule has 0 fully saturated rings. The van der Waals surface area contributed by atoms with E-state index in [1.165, 1.54) is 11.0 Å². The van der Waals surface area contributed by atoms with Gasteiger partial charge in [0, 0.05) is 36.6 Å². The Morgan fingerprint density at radius 1 is 1.57 bits per heavy atom. The maximum atomic E-state index is 3.47. The van der Waals surface area contributed by atoms with E-state index in [2.05, 4.69) is 15.5 Å². The Bertz CT molecular complexity index is 113. The third-order valence-corrected chi connectivity index (χ3v) is 0.451. The van der Waals surface area contributed by atoms with Crippen molar-refractivity contribution in [2.75, 3.05) is 0 Å². The van der Waals surface area contributed by atoms with Crippen molar-refractivity contribution in [1.82, 2.24) is 20.2 Å². The first-order chi connectivity index (χ1) is 2.89. The third-order valence-electron chi connectivity index (χ3n) is 0.451. The van der Waals surface area contributed by atoms with Crippen LogP contribution < -0.4 is 0 Å². The van der Waals surface area contributed by atoms with Gasteiger partial charge in [-0.3, -0.25) is 0 Å². The summed E-state index contributed by atoms with van der Waals surface area (Å²) in [5, 5.41) is 10.2. The summed E-state index contributed by atoms with van der Waals surface area (Å²) in [6.07, 6.45) is 1.53. The quantitative estimate of drug-likeness (QED) is 0.392. The van der Waals surface area contributed by atoms with Gasteiger partial charge in [0.15, 0.2) is 0 Å². The summed E-state index contributed by atoms with van der Waals surface area (Å²) in [6.45, 7) is 0. The summed E-state index contributed by atoms with van der Waals surface area (Å²) in [6, 6.07) is 0. The van der Waals surface area contributed by atoms with Crippen LogP contribution >= 0.6 is 0 Å². The van der Waals surface area contributed by atoms with Gasteiger partial charge >= 0.3 is 0 Å². The Balaban J connectivity index is 0.000000360. The van der Waals surface area contributed by atoms with Crippen molar-refractivity contribution in [2.24, 2.45) is 7.05 Å². The number of aromatic nitrogens is 4. The number of aryl methyl sites for hydroxylation is 1. The monoisotopic (exact) mass is 107 g/mol. The van der Waals surface area contributed by atoms with Crippen LogP contribution in [0.4, 0.5) is 0 Å². The zero-order valence-corrected chi connectivity index (χ0v) is 6.37. The van der Waals surface area contributed by atoms with E-state index in [-0.39, 0.29) is 29.6 Å². The number of hydrogen-bond donors (Lipinski definition) is 0. The molecule has 0 atom stereocenters. The van der Waals surface area contributed by atoms with Gasteiger partial charge in [-0.25, -0.2) is 4.68 Å². The molecule has 1 aromatic rings. The number of tetrazole rings is 1. The van der Waals surface area contributed by atoms with Gasteiger partial charge < -0.3 is 0 Å². The maximum Gasteiger partial charge on any atom is 0.137 e. The molecule has 0 N–H and O–H groups in total. The zero-order valence-electron chi connectivity index (χ0n) is 4.37. The molecular formula is C2H4N4Na. The molecule has 33 valence electrons. The molecule has 0 unspecified atom stereocenters. The molecule has 0 amide bonds. The average molecular weight is 107 g/mol. The summed E-state index contributed by atoms with van der Waals surface area (Å²) in [5.74, 6) is 0. The van der Waals surface area contributed by atoms with E-state index in [1.54, 1.807) is 7.05 Å². The Labute approximate surface area is 63.2 Å². The average Bonchev–Trinajstić information content (AvgIpc) is 1.86. The van der Waals surface area contributed by atoms with Crippen LogP contribution in [0, 0.1) is 0 Å². The van der Waals surface area contributed by atoms with Crippen LogP contribution in [0.3, 0.4) is 0 Å². The molecule has 0 bridgehead atoms. The van der Waals surface area contributed by atoms with E-state index in [4.69, 9.17) is 0 Å². The normalized spacial score (nSPS) is 7.57. The SMILES string of the molecule is Cn1cnnn1.[Na]. The van der Waals surface area contributed by atoms with Crippen LogP contribution in [0.25, 0.3) is 0 Å². The predicted octanol–water partition coefficient (Wildman–Crippen LogP) is -1.17. The molecule has 0 saturated carbocycles. The molecule has 0 spiro atoms. The Kier molecular flexibility index (Phi) is 3.15. The van der Waals surface area contributed by atoms with E-state index in [0.29, 0.717) is 0 Å². The second kappa shape index (κ2) is 3.12. The van der Waals surface area contributed by atoms with E-state index in [0.717, 1.165) is 0 Å². The summed E-state index contributed by atoms with van der Waals surface area (Å²) in [5.41, 5.74) is 0. The fourth-order valence-electron chi connectivity index (χ4n) is 0.207. The van der Waals surface area contributed by atoms with Gasteiger partial charge in [-0.1, -0.05) is 0 Å². The molecule has 1 radical (unpaired) electrons. The van der Waals surface area contributed by atoms with Gasteiger partial charge in [0.2, 0.25) is 0 Å². The molecule has 0 aliphatic carbocycles. The fraction of sp³-hybridized carbons (Fsp3) is 0.500. The van der Waals surface area contributed by atoms with Crippen molar-refractivity contribution >= 4 is 29.6 Å². The molecule has 0 aliphatic rings. The van der Waals surface area contributed by atoms with Crippen molar-refractivity contribution in [1.29, 1.82) is 0 Å². The molecule has 0 saturated heterocycles. The van der Waals surface area contributed by atoms with Crippen LogP contribution in [-0.2, 0) is 7.05 Å². The topological polar surface area (TPSA) is 43.6 Å². The van der Waals surface area contributed by atoms with Gasteiger partial charge in [0.05, 0.1) is 0 Å². The molecule has 0 aromatic carbocycles. The molecule has 7 heavy (non-hydrogen) atoms. The molecule has 1 heterocycles. The van der Waals surface area contributed by atoms with E-state index < -0.39 is 0 Å². The molecule has 0 aliphatic heterocycles. The maximum absolute atomic E-state index is 3.47. The largest absolute Gasteiger partial charge is 0.236 e. The summed E-state index contributed by atoms with van der Waals surface area (Å²) in [7, 11) is 1.76. The molecular weight excluding hydrogens is 103 g/mol. The van der Waals surface area contributed by atoms with Gasteiger partial charge in [0.25, 0.3) is 0 Å². The van der Waals surface area contributed by atoms with Crippen molar-refractivity contribution < 1.29 is 0 Å². The van der Waals surface area contributed by atoms with Crippen LogP contribution in [0.1, 0.15) is 0 Å². The second-order valence-electron chi connectivity index (χ2n) is 0.983. The zero-order chi connectivity index (χ0) is 4.41. The van der Waals surface area contributed by atoms with Crippen LogP contribution in [0.5, 0.6) is 0 Å². The Morgan fingerprint density at radius 2 is 2.29 bits per heavy atom. The smallest absolute Gasteiger partial charge is 0.137 e. The van der Waals surface area contributed by atoms with Crippen LogP contribution in [-0.4, -0.2) is 49.8 Å². The Morgan fingerprint density at radius 3 is 2.43 bits per heavy atom. The number of nitrogens with zero attached hydrogens (tertiary/aromatic N) is 4. The number of rotatable bonds is 0. The first-order valence-electron chi connectivity index (χ1n) is 1.56. The van der Waals surface area contributed by atoms with E-state index >= 15 is 0 Å². The minimum atomic E-state index is 0. The first-order valence-corrected chi connectivity index (χ1v) is 1.56. The molecule has 5 heteroatoms. The molecule has 1 rings (SSSR count). The summed E-state index contributed by atoms with van der Waals surface area (Å²) >= 11 is 0. The predicted molar refractivity (Wildman–Crippen MR) is 24.6 cm³/mol. The minimum Gasteiger partial charge on any atom is -0.236 e.